The van der Waals surface area contributed by atoms with Crippen molar-refractivity contribution in [3.8, 4) is 10.7 Å². The second-order valence-corrected chi connectivity index (χ2v) is 9.96. The van der Waals surface area contributed by atoms with Crippen LogP contribution >= 0.6 is 22.7 Å². The number of fused-ring (bicyclic) bond motifs is 1. The van der Waals surface area contributed by atoms with Crippen LogP contribution in [-0.2, 0) is 21.5 Å². The fourth-order valence-electron chi connectivity index (χ4n) is 3.29. The van der Waals surface area contributed by atoms with Crippen LogP contribution < -0.4 is 4.31 Å². The molecule has 0 aliphatic rings. The van der Waals surface area contributed by atoms with Crippen molar-refractivity contribution in [2.45, 2.75) is 17.9 Å². The minimum atomic E-state index is -3.64. The molecule has 28 heavy (non-hydrogen) atoms. The van der Waals surface area contributed by atoms with E-state index in [1.807, 2.05) is 41.1 Å². The molecular formula is C19H19N3O3S3. The van der Waals surface area contributed by atoms with Crippen molar-refractivity contribution in [3.05, 3.63) is 53.4 Å². The van der Waals surface area contributed by atoms with Crippen LogP contribution in [0, 0.1) is 0 Å². The highest BCUT2D eigenvalue weighted by atomic mass is 32.2. The lowest BCUT2D eigenvalue weighted by Crippen LogP contribution is -2.30. The number of thiazole rings is 1. The zero-order valence-corrected chi connectivity index (χ0v) is 17.9. The minimum Gasteiger partial charge on any atom is -0.364 e. The Hall–Kier alpha value is -2.20. The summed E-state index contributed by atoms with van der Waals surface area (Å²) in [5.41, 5.74) is 2.36. The Labute approximate surface area is 171 Å². The summed E-state index contributed by atoms with van der Waals surface area (Å²) in [6.07, 6.45) is 1.76. The van der Waals surface area contributed by atoms with Crippen molar-refractivity contribution in [2.24, 2.45) is 0 Å². The fraction of sp³-hybridized carbons (Fsp3) is 0.211. The number of sulfonamides is 1. The molecule has 0 aliphatic carbocycles. The quantitative estimate of drug-likeness (QED) is 0.426. The maximum atomic E-state index is 13.3. The first kappa shape index (κ1) is 19.1. The number of anilines is 1. The number of methoxy groups -OCH3 is 1. The zero-order valence-electron chi connectivity index (χ0n) is 15.4. The van der Waals surface area contributed by atoms with Gasteiger partial charge in [0, 0.05) is 30.6 Å². The van der Waals surface area contributed by atoms with Crippen LogP contribution in [0.1, 0.15) is 6.92 Å². The largest absolute Gasteiger partial charge is 0.364 e. The number of hydrogen-bond donors (Lipinski definition) is 0. The molecule has 146 valence electrons. The van der Waals surface area contributed by atoms with E-state index in [-0.39, 0.29) is 0 Å². The Morgan fingerprint density at radius 1 is 1.18 bits per heavy atom. The van der Waals surface area contributed by atoms with Gasteiger partial charge in [-0.2, -0.15) is 0 Å². The van der Waals surface area contributed by atoms with Gasteiger partial charge in [-0.3, -0.25) is 4.31 Å². The lowest BCUT2D eigenvalue weighted by Gasteiger charge is -2.24. The number of hydrogen-bond acceptors (Lipinski definition) is 6. The van der Waals surface area contributed by atoms with Gasteiger partial charge in [0.25, 0.3) is 10.0 Å². The molecule has 3 heterocycles. The molecule has 0 atom stereocenters. The number of benzene rings is 1. The van der Waals surface area contributed by atoms with E-state index in [4.69, 9.17) is 4.74 Å². The third kappa shape index (κ3) is 3.14. The number of nitrogens with zero attached hydrogens (tertiary/aromatic N) is 3. The Bertz CT molecular complexity index is 1180. The van der Waals surface area contributed by atoms with Gasteiger partial charge in [0.05, 0.1) is 16.9 Å². The van der Waals surface area contributed by atoms with Crippen molar-refractivity contribution in [1.82, 2.24) is 9.55 Å². The van der Waals surface area contributed by atoms with E-state index in [1.54, 1.807) is 30.8 Å². The molecule has 9 heteroatoms. The van der Waals surface area contributed by atoms with Gasteiger partial charge in [0.1, 0.15) is 15.9 Å². The van der Waals surface area contributed by atoms with Crippen LogP contribution in [0.4, 0.5) is 5.69 Å². The van der Waals surface area contributed by atoms with Crippen molar-refractivity contribution in [2.75, 3.05) is 18.0 Å². The van der Waals surface area contributed by atoms with Gasteiger partial charge in [-0.15, -0.1) is 22.7 Å². The molecule has 0 N–H and O–H groups in total. The molecule has 0 saturated heterocycles. The third-order valence-corrected chi connectivity index (χ3v) is 8.46. The molecule has 0 amide bonds. The molecule has 4 aromatic rings. The number of rotatable bonds is 7. The summed E-state index contributed by atoms with van der Waals surface area (Å²) in [6, 6.07) is 11.1. The number of thiophene rings is 1. The van der Waals surface area contributed by atoms with Crippen molar-refractivity contribution in [1.29, 1.82) is 0 Å². The van der Waals surface area contributed by atoms with Crippen molar-refractivity contribution >= 4 is 49.3 Å². The molecule has 6 nitrogen and oxygen atoms in total. The molecule has 4 rings (SSSR count). The van der Waals surface area contributed by atoms with Crippen LogP contribution in [0.5, 0.6) is 0 Å². The maximum Gasteiger partial charge on any atom is 0.273 e. The summed E-state index contributed by atoms with van der Waals surface area (Å²) in [5.74, 6) is 0. The topological polar surface area (TPSA) is 64.4 Å². The highest BCUT2D eigenvalue weighted by molar-refractivity contribution is 7.94. The summed E-state index contributed by atoms with van der Waals surface area (Å²) >= 11 is 2.76. The van der Waals surface area contributed by atoms with Gasteiger partial charge in [-0.1, -0.05) is 18.2 Å². The van der Waals surface area contributed by atoms with E-state index in [2.05, 4.69) is 4.98 Å². The SMILES string of the molecule is CCN(c1cccc2cc(-c3nccs3)n(COC)c12)S(=O)(=O)c1cccs1. The summed E-state index contributed by atoms with van der Waals surface area (Å²) in [5, 5.41) is 5.50. The van der Waals surface area contributed by atoms with Gasteiger partial charge in [0.15, 0.2) is 0 Å². The van der Waals surface area contributed by atoms with Gasteiger partial charge in [-0.05, 0) is 30.5 Å². The number of aromatic nitrogens is 2. The Morgan fingerprint density at radius 2 is 2.04 bits per heavy atom. The molecule has 0 bridgehead atoms. The molecule has 0 fully saturated rings. The lowest BCUT2D eigenvalue weighted by atomic mass is 10.2. The summed E-state index contributed by atoms with van der Waals surface area (Å²) in [4.78, 5) is 4.42. The molecule has 0 aliphatic heterocycles. The molecule has 3 aromatic heterocycles. The summed E-state index contributed by atoms with van der Waals surface area (Å²) < 4.78 is 35.7. The second kappa shape index (κ2) is 7.67. The average molecular weight is 434 g/mol. The van der Waals surface area contributed by atoms with Crippen LogP contribution in [0.2, 0.25) is 0 Å². The summed E-state index contributed by atoms with van der Waals surface area (Å²) in [6.45, 7) is 2.46. The third-order valence-electron chi connectivity index (χ3n) is 4.40. The smallest absolute Gasteiger partial charge is 0.273 e. The second-order valence-electron chi connectivity index (χ2n) is 6.03. The molecule has 0 saturated carbocycles. The number of ether oxygens (including phenoxy) is 1. The number of para-hydroxylation sites is 1. The first-order chi connectivity index (χ1) is 13.6. The van der Waals surface area contributed by atoms with Crippen LogP contribution in [0.3, 0.4) is 0 Å². The fourth-order valence-corrected chi connectivity index (χ4v) is 6.53. The molecule has 0 radical (unpaired) electrons. The van der Waals surface area contributed by atoms with E-state index >= 15 is 0 Å². The van der Waals surface area contributed by atoms with Crippen molar-refractivity contribution in [3.63, 3.8) is 0 Å². The van der Waals surface area contributed by atoms with E-state index < -0.39 is 10.0 Å². The van der Waals surface area contributed by atoms with E-state index in [0.29, 0.717) is 23.2 Å². The predicted octanol–water partition coefficient (Wildman–Crippen LogP) is 4.65. The lowest BCUT2D eigenvalue weighted by molar-refractivity contribution is 0.136. The van der Waals surface area contributed by atoms with Gasteiger partial charge < -0.3 is 9.30 Å². The van der Waals surface area contributed by atoms with Crippen LogP contribution in [-0.4, -0.2) is 31.6 Å². The molecule has 0 unspecified atom stereocenters. The van der Waals surface area contributed by atoms with Gasteiger partial charge in [0.2, 0.25) is 0 Å². The molecular weight excluding hydrogens is 414 g/mol. The predicted molar refractivity (Wildman–Crippen MR) is 115 cm³/mol. The van der Waals surface area contributed by atoms with E-state index in [9.17, 15) is 8.42 Å². The Balaban J connectivity index is 1.97. The average Bonchev–Trinajstić information content (AvgIpc) is 3.44. The zero-order chi connectivity index (χ0) is 19.7. The van der Waals surface area contributed by atoms with Gasteiger partial charge >= 0.3 is 0 Å². The molecule has 0 spiro atoms. The first-order valence-corrected chi connectivity index (χ1v) is 11.8. The Kier molecular flexibility index (Phi) is 5.24. The van der Waals surface area contributed by atoms with Crippen LogP contribution in [0.25, 0.3) is 21.6 Å². The van der Waals surface area contributed by atoms with E-state index in [0.717, 1.165) is 21.6 Å². The summed E-state index contributed by atoms with van der Waals surface area (Å²) in [7, 11) is -2.02. The van der Waals surface area contributed by atoms with Crippen LogP contribution in [0.15, 0.2) is 57.6 Å². The monoisotopic (exact) mass is 433 g/mol. The normalized spacial score (nSPS) is 11.9. The highest BCUT2D eigenvalue weighted by Gasteiger charge is 2.27. The Morgan fingerprint density at radius 3 is 2.68 bits per heavy atom. The maximum absolute atomic E-state index is 13.3. The minimum absolute atomic E-state index is 0.298. The highest BCUT2D eigenvalue weighted by Crippen LogP contribution is 2.37. The first-order valence-electron chi connectivity index (χ1n) is 8.65. The molecule has 1 aromatic carbocycles. The standard InChI is InChI=1S/C19H19N3O3S3/c1-3-22(28(23,24)17-8-5-10-26-17)15-7-4-6-14-12-16(19-20-9-11-27-19)21(13-25-2)18(14)15/h4-12H,3,13H2,1-2H3. The van der Waals surface area contributed by atoms with E-state index in [1.165, 1.54) is 27.0 Å². The van der Waals surface area contributed by atoms with Crippen molar-refractivity contribution < 1.29 is 13.2 Å². The van der Waals surface area contributed by atoms with Gasteiger partial charge in [-0.25, -0.2) is 13.4 Å².